The maximum Gasteiger partial charge on any atom is 0.240 e. The van der Waals surface area contributed by atoms with Gasteiger partial charge in [-0.3, -0.25) is 4.79 Å². The number of rotatable bonds is 6. The van der Waals surface area contributed by atoms with Crippen molar-refractivity contribution in [3.8, 4) is 0 Å². The second-order valence-corrected chi connectivity index (χ2v) is 4.48. The van der Waals surface area contributed by atoms with E-state index in [-0.39, 0.29) is 17.8 Å². The molecule has 1 aromatic carbocycles. The zero-order valence-electron chi connectivity index (χ0n) is 11.5. The van der Waals surface area contributed by atoms with E-state index >= 15 is 0 Å². The van der Waals surface area contributed by atoms with Gasteiger partial charge in [-0.15, -0.1) is 6.58 Å². The number of carbonyl (C=O) groups excluding carboxylic acids is 1. The van der Waals surface area contributed by atoms with Gasteiger partial charge in [0.05, 0.1) is 12.1 Å². The summed E-state index contributed by atoms with van der Waals surface area (Å²) in [5.74, 6) is -0.395. The quantitative estimate of drug-likeness (QED) is 0.803. The van der Waals surface area contributed by atoms with Crippen molar-refractivity contribution in [1.29, 1.82) is 0 Å². The van der Waals surface area contributed by atoms with Crippen LogP contribution in [-0.4, -0.2) is 23.4 Å². The lowest BCUT2D eigenvalue weighted by Crippen LogP contribution is -2.44. The average Bonchev–Trinajstić information content (AvgIpc) is 2.40. The van der Waals surface area contributed by atoms with Gasteiger partial charge < -0.3 is 10.6 Å². The molecule has 2 unspecified atom stereocenters. The molecule has 19 heavy (non-hydrogen) atoms. The maximum atomic E-state index is 12.9. The Labute approximate surface area is 113 Å². The molecule has 0 aliphatic carbocycles. The molecule has 104 valence electrons. The summed E-state index contributed by atoms with van der Waals surface area (Å²) in [5, 5.41) is 0. The van der Waals surface area contributed by atoms with Crippen molar-refractivity contribution >= 4 is 5.91 Å². The molecule has 0 aliphatic rings. The summed E-state index contributed by atoms with van der Waals surface area (Å²) in [7, 11) is 0. The first-order valence-electron chi connectivity index (χ1n) is 6.43. The lowest BCUT2D eigenvalue weighted by atomic mass is 10.1. The van der Waals surface area contributed by atoms with Crippen LogP contribution < -0.4 is 5.73 Å². The highest BCUT2D eigenvalue weighted by Gasteiger charge is 2.24. The molecular formula is C15H21FN2O. The molecule has 0 bridgehead atoms. The van der Waals surface area contributed by atoms with E-state index in [9.17, 15) is 9.18 Å². The number of nitrogens with zero attached hydrogens (tertiary/aromatic N) is 1. The molecule has 2 atom stereocenters. The van der Waals surface area contributed by atoms with Crippen molar-refractivity contribution in [1.82, 2.24) is 4.90 Å². The van der Waals surface area contributed by atoms with Gasteiger partial charge in [0.1, 0.15) is 5.82 Å². The molecule has 2 N–H and O–H groups in total. The van der Waals surface area contributed by atoms with Crippen LogP contribution in [0.5, 0.6) is 0 Å². The summed E-state index contributed by atoms with van der Waals surface area (Å²) < 4.78 is 12.9. The van der Waals surface area contributed by atoms with Crippen LogP contribution in [0.3, 0.4) is 0 Å². The topological polar surface area (TPSA) is 46.3 Å². The van der Waals surface area contributed by atoms with Crippen LogP contribution in [0.4, 0.5) is 4.39 Å². The minimum atomic E-state index is -0.569. The van der Waals surface area contributed by atoms with Gasteiger partial charge in [0, 0.05) is 6.54 Å². The Morgan fingerprint density at radius 2 is 2.05 bits per heavy atom. The van der Waals surface area contributed by atoms with Crippen LogP contribution in [0.15, 0.2) is 36.9 Å². The van der Waals surface area contributed by atoms with Gasteiger partial charge in [-0.1, -0.05) is 18.2 Å². The Balaban J connectivity index is 2.87. The fourth-order valence-corrected chi connectivity index (χ4v) is 2.04. The Morgan fingerprint density at radius 3 is 2.53 bits per heavy atom. The summed E-state index contributed by atoms with van der Waals surface area (Å²) in [6.07, 6.45) is 2.09. The fourth-order valence-electron chi connectivity index (χ4n) is 2.04. The van der Waals surface area contributed by atoms with Crippen molar-refractivity contribution < 1.29 is 9.18 Å². The van der Waals surface area contributed by atoms with Crippen molar-refractivity contribution in [2.75, 3.05) is 6.54 Å². The number of benzene rings is 1. The van der Waals surface area contributed by atoms with Gasteiger partial charge in [-0.2, -0.15) is 0 Å². The third kappa shape index (κ3) is 3.89. The Bertz CT molecular complexity index is 430. The number of nitrogens with two attached hydrogens (primary N) is 1. The van der Waals surface area contributed by atoms with Gasteiger partial charge in [-0.05, 0) is 38.0 Å². The second-order valence-electron chi connectivity index (χ2n) is 4.48. The summed E-state index contributed by atoms with van der Waals surface area (Å²) in [4.78, 5) is 13.9. The molecular weight excluding hydrogens is 243 g/mol. The number of hydrogen-bond donors (Lipinski definition) is 1. The number of carbonyl (C=O) groups is 1. The number of halogens is 1. The molecule has 3 nitrogen and oxygen atoms in total. The standard InChI is InChI=1S/C15H21FN2O/c1-4-6-14(17)15(19)18(5-2)11(3)12-7-9-13(16)10-8-12/h4,7-11,14H,1,5-6,17H2,2-3H3. The summed E-state index contributed by atoms with van der Waals surface area (Å²) in [6, 6.07) is 5.47. The predicted octanol–water partition coefficient (Wildman–Crippen LogP) is 2.64. The summed E-state index contributed by atoms with van der Waals surface area (Å²) >= 11 is 0. The van der Waals surface area contributed by atoms with Gasteiger partial charge in [0.25, 0.3) is 0 Å². The van der Waals surface area contributed by atoms with E-state index in [1.165, 1.54) is 12.1 Å². The van der Waals surface area contributed by atoms with E-state index in [0.717, 1.165) is 5.56 Å². The third-order valence-electron chi connectivity index (χ3n) is 3.18. The Hall–Kier alpha value is -1.68. The van der Waals surface area contributed by atoms with E-state index in [1.807, 2.05) is 13.8 Å². The van der Waals surface area contributed by atoms with Crippen LogP contribution in [0.2, 0.25) is 0 Å². The van der Waals surface area contributed by atoms with E-state index in [1.54, 1.807) is 23.1 Å². The molecule has 0 fully saturated rings. The fraction of sp³-hybridized carbons (Fsp3) is 0.400. The molecule has 0 spiro atoms. The summed E-state index contributed by atoms with van der Waals surface area (Å²) in [5.41, 5.74) is 6.71. The Morgan fingerprint density at radius 1 is 1.47 bits per heavy atom. The van der Waals surface area contributed by atoms with E-state index in [2.05, 4.69) is 6.58 Å². The van der Waals surface area contributed by atoms with Crippen LogP contribution in [0.25, 0.3) is 0 Å². The molecule has 0 saturated carbocycles. The minimum Gasteiger partial charge on any atom is -0.335 e. The number of likely N-dealkylation sites (N-methyl/N-ethyl adjacent to an activating group) is 1. The largest absolute Gasteiger partial charge is 0.335 e. The predicted molar refractivity (Wildman–Crippen MR) is 75.0 cm³/mol. The zero-order chi connectivity index (χ0) is 14.4. The van der Waals surface area contributed by atoms with Crippen LogP contribution in [0.1, 0.15) is 31.9 Å². The first kappa shape index (κ1) is 15.4. The first-order valence-corrected chi connectivity index (χ1v) is 6.43. The number of amides is 1. The molecule has 1 amide bonds. The van der Waals surface area contributed by atoms with E-state index in [4.69, 9.17) is 5.73 Å². The number of hydrogen-bond acceptors (Lipinski definition) is 2. The third-order valence-corrected chi connectivity index (χ3v) is 3.18. The van der Waals surface area contributed by atoms with Gasteiger partial charge >= 0.3 is 0 Å². The van der Waals surface area contributed by atoms with E-state index < -0.39 is 6.04 Å². The Kier molecular flexibility index (Phi) is 5.70. The maximum absolute atomic E-state index is 12.9. The van der Waals surface area contributed by atoms with Gasteiger partial charge in [0.2, 0.25) is 5.91 Å². The summed E-state index contributed by atoms with van der Waals surface area (Å²) in [6.45, 7) is 7.96. The molecule has 0 saturated heterocycles. The normalized spacial score (nSPS) is 13.7. The van der Waals surface area contributed by atoms with Crippen LogP contribution in [0, 0.1) is 5.82 Å². The monoisotopic (exact) mass is 264 g/mol. The molecule has 0 aromatic heterocycles. The highest BCUT2D eigenvalue weighted by molar-refractivity contribution is 5.82. The molecule has 4 heteroatoms. The van der Waals surface area contributed by atoms with Crippen molar-refractivity contribution in [3.05, 3.63) is 48.3 Å². The van der Waals surface area contributed by atoms with Crippen molar-refractivity contribution in [3.63, 3.8) is 0 Å². The smallest absolute Gasteiger partial charge is 0.240 e. The van der Waals surface area contributed by atoms with Crippen molar-refractivity contribution in [2.45, 2.75) is 32.4 Å². The zero-order valence-corrected chi connectivity index (χ0v) is 11.5. The molecule has 1 rings (SSSR count). The average molecular weight is 264 g/mol. The molecule has 0 heterocycles. The highest BCUT2D eigenvalue weighted by Crippen LogP contribution is 2.21. The van der Waals surface area contributed by atoms with Crippen LogP contribution in [-0.2, 0) is 4.79 Å². The second kappa shape index (κ2) is 7.04. The molecule has 0 radical (unpaired) electrons. The first-order chi connectivity index (χ1) is 9.01. The van der Waals surface area contributed by atoms with Gasteiger partial charge in [-0.25, -0.2) is 4.39 Å². The lowest BCUT2D eigenvalue weighted by Gasteiger charge is -2.30. The van der Waals surface area contributed by atoms with Gasteiger partial charge in [0.15, 0.2) is 0 Å². The van der Waals surface area contributed by atoms with Crippen molar-refractivity contribution in [2.24, 2.45) is 5.73 Å². The molecule has 0 aliphatic heterocycles. The lowest BCUT2D eigenvalue weighted by molar-refractivity contribution is -0.134. The SMILES string of the molecule is C=CCC(N)C(=O)N(CC)C(C)c1ccc(F)cc1. The highest BCUT2D eigenvalue weighted by atomic mass is 19.1. The van der Waals surface area contributed by atoms with E-state index in [0.29, 0.717) is 13.0 Å². The molecule has 1 aromatic rings. The van der Waals surface area contributed by atoms with Crippen LogP contribution >= 0.6 is 0 Å². The minimum absolute atomic E-state index is 0.112.